The minimum Gasteiger partial charge on any atom is -0.396 e. The molecule has 0 amide bonds. The molecule has 1 atom stereocenters. The van der Waals surface area contributed by atoms with E-state index in [1.807, 2.05) is 0 Å². The summed E-state index contributed by atoms with van der Waals surface area (Å²) < 4.78 is 24.0. The molecule has 0 aromatic carbocycles. The largest absolute Gasteiger partial charge is 0.767 e. The van der Waals surface area contributed by atoms with Gasteiger partial charge in [0.15, 0.2) is 0 Å². The molecule has 0 bridgehead atoms. The van der Waals surface area contributed by atoms with E-state index in [0.29, 0.717) is 6.42 Å². The van der Waals surface area contributed by atoms with Crippen molar-refractivity contribution in [2.75, 3.05) is 21.3 Å². The van der Waals surface area contributed by atoms with E-state index in [9.17, 15) is 0 Å². The van der Waals surface area contributed by atoms with Gasteiger partial charge < -0.3 is 9.16 Å². The van der Waals surface area contributed by atoms with Gasteiger partial charge in [0.05, 0.1) is 21.3 Å². The summed E-state index contributed by atoms with van der Waals surface area (Å²) in [6.07, 6.45) is 0.881. The molecule has 9 nitrogen and oxygen atoms in total. The Morgan fingerprint density at radius 1 is 1.06 bits per heavy atom. The lowest BCUT2D eigenvalue weighted by Gasteiger charge is -2.25. The van der Waals surface area contributed by atoms with Crippen LogP contribution in [0.4, 0.5) is 0 Å². The van der Waals surface area contributed by atoms with Crippen LogP contribution < -0.4 is 0 Å². The topological polar surface area (TPSA) is 97.6 Å². The number of nitrogens with zero attached hydrogens (tertiary/aromatic N) is 1. The molecule has 1 unspecified atom stereocenters. The first-order valence-corrected chi connectivity index (χ1v) is 6.19. The molecule has 0 aromatic rings. The van der Waals surface area contributed by atoms with Crippen LogP contribution in [-0.2, 0) is 37.6 Å². The predicted octanol–water partition coefficient (Wildman–Crippen LogP) is 0.406. The Morgan fingerprint density at radius 3 is 1.82 bits per heavy atom. The minimum atomic E-state index is -3.86. The SMILES string of the molecule is CCC(OC#N)O[Si](OOC)(OOC)OOC. The third-order valence-electron chi connectivity index (χ3n) is 1.35. The second-order valence-corrected chi connectivity index (χ2v) is 4.15. The van der Waals surface area contributed by atoms with E-state index in [4.69, 9.17) is 23.4 Å². The molecular weight excluding hydrogens is 254 g/mol. The van der Waals surface area contributed by atoms with Crippen LogP contribution in [0.1, 0.15) is 13.3 Å². The number of nitriles is 1. The third-order valence-corrected chi connectivity index (χ3v) is 3.01. The van der Waals surface area contributed by atoms with Crippen LogP contribution in [0.3, 0.4) is 0 Å². The highest BCUT2D eigenvalue weighted by Gasteiger charge is 2.54. The zero-order chi connectivity index (χ0) is 13.1. The van der Waals surface area contributed by atoms with Crippen molar-refractivity contribution in [3.8, 4) is 6.26 Å². The van der Waals surface area contributed by atoms with E-state index in [0.717, 1.165) is 0 Å². The quantitative estimate of drug-likeness (QED) is 0.183. The lowest BCUT2D eigenvalue weighted by Crippen LogP contribution is -2.51. The molecule has 0 radical (unpaired) electrons. The molecule has 0 aliphatic carbocycles. The van der Waals surface area contributed by atoms with Crippen molar-refractivity contribution in [2.24, 2.45) is 0 Å². The minimum absolute atomic E-state index is 0.343. The van der Waals surface area contributed by atoms with Crippen molar-refractivity contribution < 1.29 is 37.6 Å². The maximum atomic E-state index is 8.40. The Hall–Kier alpha value is -0.773. The predicted molar refractivity (Wildman–Crippen MR) is 51.9 cm³/mol. The lowest BCUT2D eigenvalue weighted by atomic mass is 10.5. The fraction of sp³-hybridized carbons (Fsp3) is 0.857. The molecule has 100 valence electrons. The summed E-state index contributed by atoms with van der Waals surface area (Å²) in [4.78, 5) is 13.3. The van der Waals surface area contributed by atoms with E-state index in [1.165, 1.54) is 27.6 Å². The molecule has 0 rings (SSSR count). The highest BCUT2D eigenvalue weighted by molar-refractivity contribution is 6.52. The molecule has 17 heavy (non-hydrogen) atoms. The van der Waals surface area contributed by atoms with Crippen molar-refractivity contribution in [3.63, 3.8) is 0 Å². The summed E-state index contributed by atoms with van der Waals surface area (Å²) in [6.45, 7) is 1.72. The van der Waals surface area contributed by atoms with E-state index < -0.39 is 15.3 Å². The molecule has 10 heteroatoms. The second-order valence-electron chi connectivity index (χ2n) is 2.41. The van der Waals surface area contributed by atoms with Gasteiger partial charge in [-0.25, -0.2) is 14.7 Å². The maximum Gasteiger partial charge on any atom is 0.767 e. The second kappa shape index (κ2) is 9.28. The Bertz CT molecular complexity index is 217. The van der Waals surface area contributed by atoms with Gasteiger partial charge in [0.25, 0.3) is 6.26 Å². The van der Waals surface area contributed by atoms with Crippen molar-refractivity contribution in [2.45, 2.75) is 19.6 Å². The molecule has 0 aromatic heterocycles. The van der Waals surface area contributed by atoms with Crippen LogP contribution in [0.2, 0.25) is 0 Å². The lowest BCUT2D eigenvalue weighted by molar-refractivity contribution is -0.379. The fourth-order valence-corrected chi connectivity index (χ4v) is 2.17. The Kier molecular flexibility index (Phi) is 8.86. The Labute approximate surface area is 99.9 Å². The number of hydrogen-bond donors (Lipinski definition) is 0. The van der Waals surface area contributed by atoms with Gasteiger partial charge in [-0.15, -0.1) is 0 Å². The normalized spacial score (nSPS) is 13.1. The van der Waals surface area contributed by atoms with Crippen molar-refractivity contribution in [1.29, 1.82) is 5.26 Å². The Morgan fingerprint density at radius 2 is 1.53 bits per heavy atom. The van der Waals surface area contributed by atoms with Crippen molar-refractivity contribution >= 4 is 9.05 Å². The van der Waals surface area contributed by atoms with Crippen LogP contribution in [0, 0.1) is 11.5 Å². The molecule has 0 saturated heterocycles. The highest BCUT2D eigenvalue weighted by atomic mass is 28.4. The molecule has 0 aliphatic heterocycles. The molecule has 0 fully saturated rings. The molecule has 0 spiro atoms. The van der Waals surface area contributed by atoms with E-state index in [2.05, 4.69) is 19.4 Å². The zero-order valence-electron chi connectivity index (χ0n) is 10.00. The van der Waals surface area contributed by atoms with E-state index >= 15 is 0 Å². The van der Waals surface area contributed by atoms with Gasteiger partial charge in [-0.2, -0.15) is 19.0 Å². The monoisotopic (exact) mass is 269 g/mol. The summed E-state index contributed by atoms with van der Waals surface area (Å²) in [5.41, 5.74) is 0. The standard InChI is InChI=1S/C7H15NO8Si/c1-5-7(12-6-8)13-17(14-9-2,15-10-3)16-11-4/h7H,5H2,1-4H3. The smallest absolute Gasteiger partial charge is 0.396 e. The summed E-state index contributed by atoms with van der Waals surface area (Å²) in [5, 5.41) is 8.40. The average Bonchev–Trinajstić information content (AvgIpc) is 2.29. The molecule has 0 saturated carbocycles. The van der Waals surface area contributed by atoms with Gasteiger partial charge in [-0.3, -0.25) is 0 Å². The van der Waals surface area contributed by atoms with Crippen LogP contribution in [0.15, 0.2) is 0 Å². The van der Waals surface area contributed by atoms with E-state index in [-0.39, 0.29) is 0 Å². The number of ether oxygens (including phenoxy) is 1. The third kappa shape index (κ3) is 5.91. The van der Waals surface area contributed by atoms with Crippen molar-refractivity contribution in [1.82, 2.24) is 0 Å². The zero-order valence-corrected chi connectivity index (χ0v) is 11.0. The number of hydrogen-bond acceptors (Lipinski definition) is 9. The Balaban J connectivity index is 4.67. The summed E-state index contributed by atoms with van der Waals surface area (Å²) >= 11 is 0. The summed E-state index contributed by atoms with van der Waals surface area (Å²) in [5.74, 6) is 0. The van der Waals surface area contributed by atoms with Crippen LogP contribution in [-0.4, -0.2) is 36.7 Å². The van der Waals surface area contributed by atoms with Crippen LogP contribution >= 0.6 is 0 Å². The highest BCUT2D eigenvalue weighted by Crippen LogP contribution is 2.17. The fourth-order valence-electron chi connectivity index (χ4n) is 0.817. The first-order valence-electron chi connectivity index (χ1n) is 4.56. The molecular formula is C7H15NO8Si. The van der Waals surface area contributed by atoms with Gasteiger partial charge in [0.1, 0.15) is 0 Å². The molecule has 0 N–H and O–H groups in total. The van der Waals surface area contributed by atoms with Gasteiger partial charge in [-0.05, 0) is 0 Å². The molecule has 0 heterocycles. The first kappa shape index (κ1) is 16.2. The van der Waals surface area contributed by atoms with Gasteiger partial charge in [0.2, 0.25) is 6.29 Å². The van der Waals surface area contributed by atoms with Crippen molar-refractivity contribution in [3.05, 3.63) is 0 Å². The summed E-state index contributed by atoms with van der Waals surface area (Å²) in [7, 11) is -0.207. The van der Waals surface area contributed by atoms with E-state index in [1.54, 1.807) is 6.92 Å². The van der Waals surface area contributed by atoms with Crippen LogP contribution in [0.5, 0.6) is 0 Å². The summed E-state index contributed by atoms with van der Waals surface area (Å²) in [6, 6.07) is 0. The van der Waals surface area contributed by atoms with Crippen LogP contribution in [0.25, 0.3) is 0 Å². The van der Waals surface area contributed by atoms with Gasteiger partial charge in [-0.1, -0.05) is 6.92 Å². The molecule has 0 aliphatic rings. The first-order chi connectivity index (χ1) is 8.17. The maximum absolute atomic E-state index is 8.40. The van der Waals surface area contributed by atoms with Gasteiger partial charge >= 0.3 is 9.05 Å². The average molecular weight is 269 g/mol. The number of rotatable bonds is 10. The van der Waals surface area contributed by atoms with Gasteiger partial charge in [0, 0.05) is 6.42 Å².